The summed E-state index contributed by atoms with van der Waals surface area (Å²) in [4.78, 5) is 0. The van der Waals surface area contributed by atoms with Gasteiger partial charge in [-0.1, -0.05) is 101 Å². The van der Waals surface area contributed by atoms with E-state index in [9.17, 15) is 0 Å². The van der Waals surface area contributed by atoms with E-state index in [4.69, 9.17) is 0 Å². The topological polar surface area (TPSA) is 0 Å². The van der Waals surface area contributed by atoms with Crippen LogP contribution in [0.25, 0.3) is 27.1 Å². The fourth-order valence-electron chi connectivity index (χ4n) is 5.51. The molecule has 0 spiro atoms. The summed E-state index contributed by atoms with van der Waals surface area (Å²) in [6, 6.07) is 39.4. The van der Waals surface area contributed by atoms with Crippen molar-refractivity contribution >= 4 is 41.7 Å². The van der Waals surface area contributed by atoms with Crippen LogP contribution in [-0.4, -0.2) is 3.21 Å². The third-order valence-corrected chi connectivity index (χ3v) is 10.4. The number of allylic oxidation sites excluding steroid dienone is 4. The van der Waals surface area contributed by atoms with Gasteiger partial charge in [-0.2, -0.15) is 29.1 Å². The molecule has 0 saturated heterocycles. The Morgan fingerprint density at radius 3 is 1.54 bits per heavy atom. The molecule has 48 heavy (non-hydrogen) atoms. The summed E-state index contributed by atoms with van der Waals surface area (Å²) in [6.07, 6.45) is 7.69. The minimum atomic E-state index is 0. The van der Waals surface area contributed by atoms with Crippen LogP contribution in [0, 0.1) is 12.0 Å². The molecule has 0 N–H and O–H groups in total. The van der Waals surface area contributed by atoms with Crippen LogP contribution in [0.15, 0.2) is 132 Å². The number of fused-ring (bicyclic) bond motifs is 3. The summed E-state index contributed by atoms with van der Waals surface area (Å²) < 4.78 is 1.42. The number of rotatable bonds is 3. The van der Waals surface area contributed by atoms with Crippen molar-refractivity contribution in [3.8, 4) is 0 Å². The molecule has 1 aromatic heterocycles. The maximum absolute atomic E-state index is 3.37. The molecule has 0 fully saturated rings. The standard InChI is InChI=1S/C21H25.C13H10.C10H9S.2ClH.Zr/c1-20(2,3)16-7-9-18-14(12-16)11-15-13-17(21(4,5)6)8-10-19(15)18;1-3-7-12(8-4-1)11-13-9-5-2-6-10-13;1-8-2-3-9(6-8)10-4-5-11-7-10;;;/h7-13H,1-6H3;1-10H;2-5,7-8H,1H3;2*1H;/q-1;;-1;;;+2/p-2. The van der Waals surface area contributed by atoms with Gasteiger partial charge < -0.3 is 24.8 Å². The maximum atomic E-state index is 3.37. The van der Waals surface area contributed by atoms with Gasteiger partial charge in [0, 0.05) is 0 Å². The molecular weight excluding hydrogens is 723 g/mol. The molecular formula is C44H44Cl2SZr-2. The second-order valence-corrected chi connectivity index (χ2v) is 16.1. The Morgan fingerprint density at radius 2 is 1.17 bits per heavy atom. The zero-order valence-electron chi connectivity index (χ0n) is 28.9. The predicted octanol–water partition coefficient (Wildman–Crippen LogP) is 6.26. The summed E-state index contributed by atoms with van der Waals surface area (Å²) in [5.41, 5.74) is 8.42. The van der Waals surface area contributed by atoms with E-state index in [1.165, 1.54) is 82.4 Å². The Bertz CT molecular complexity index is 1860. The van der Waals surface area contributed by atoms with E-state index in [0.717, 1.165) is 0 Å². The van der Waals surface area contributed by atoms with Gasteiger partial charge in [-0.05, 0) is 16.2 Å². The SMILES string of the molecule is CC(C)(C)c1ccc2c(c1)[cH-]c1cc(C(C)(C)C)ccc12.CC1[C-]=C(c2ccsc2)C=C1.[Cl-].[Cl-].[Zr+2]=[C](c1ccccc1)c1ccccc1. The first-order valence-corrected chi connectivity index (χ1v) is 18.3. The monoisotopic (exact) mass is 764 g/mol. The van der Waals surface area contributed by atoms with Crippen molar-refractivity contribution in [1.82, 2.24) is 0 Å². The molecule has 1 aliphatic rings. The van der Waals surface area contributed by atoms with Gasteiger partial charge >= 0.3 is 99.2 Å². The molecule has 4 heteroatoms. The molecule has 0 radical (unpaired) electrons. The molecule has 7 rings (SSSR count). The molecule has 0 saturated carbocycles. The van der Waals surface area contributed by atoms with Crippen LogP contribution in [0.5, 0.6) is 0 Å². The third kappa shape index (κ3) is 10.1. The first-order valence-electron chi connectivity index (χ1n) is 16.1. The van der Waals surface area contributed by atoms with Crippen LogP contribution in [0.2, 0.25) is 0 Å². The predicted molar refractivity (Wildman–Crippen MR) is 200 cm³/mol. The molecule has 0 amide bonds. The van der Waals surface area contributed by atoms with Crippen LogP contribution in [0.3, 0.4) is 0 Å². The molecule has 246 valence electrons. The third-order valence-electron chi connectivity index (χ3n) is 8.33. The average molecular weight is 767 g/mol. The molecule has 0 aliphatic heterocycles. The van der Waals surface area contributed by atoms with Crippen LogP contribution in [-0.2, 0) is 35.1 Å². The molecule has 0 nitrogen and oxygen atoms in total. The van der Waals surface area contributed by atoms with Crippen LogP contribution in [0.4, 0.5) is 0 Å². The molecule has 0 bridgehead atoms. The zero-order valence-corrected chi connectivity index (χ0v) is 33.7. The van der Waals surface area contributed by atoms with Gasteiger partial charge in [-0.15, -0.1) is 51.4 Å². The summed E-state index contributed by atoms with van der Waals surface area (Å²) in [5, 5.41) is 9.73. The summed E-state index contributed by atoms with van der Waals surface area (Å²) in [7, 11) is 0. The molecule has 1 unspecified atom stereocenters. The van der Waals surface area contributed by atoms with E-state index >= 15 is 0 Å². The van der Waals surface area contributed by atoms with Gasteiger partial charge in [0.2, 0.25) is 0 Å². The average Bonchev–Trinajstić information content (AvgIpc) is 3.81. The molecule has 6 aromatic rings. The first-order chi connectivity index (χ1) is 21.9. The molecule has 1 heterocycles. The summed E-state index contributed by atoms with van der Waals surface area (Å²) in [6.45, 7) is 15.8. The van der Waals surface area contributed by atoms with Crippen molar-refractivity contribution in [3.05, 3.63) is 166 Å². The van der Waals surface area contributed by atoms with E-state index in [0.29, 0.717) is 5.92 Å². The molecule has 1 aliphatic carbocycles. The number of halogens is 2. The van der Waals surface area contributed by atoms with Crippen molar-refractivity contribution in [2.45, 2.75) is 59.3 Å². The Kier molecular flexibility index (Phi) is 14.3. The van der Waals surface area contributed by atoms with Crippen LogP contribution in [0.1, 0.15) is 76.3 Å². The van der Waals surface area contributed by atoms with Gasteiger partial charge in [-0.25, -0.2) is 0 Å². The Hall–Kier alpha value is -2.74. The van der Waals surface area contributed by atoms with Crippen molar-refractivity contribution < 1.29 is 49.0 Å². The van der Waals surface area contributed by atoms with Crippen molar-refractivity contribution in [2.75, 3.05) is 0 Å². The normalized spacial score (nSPS) is 13.8. The molecule has 1 atom stereocenters. The number of benzene rings is 4. The quantitative estimate of drug-likeness (QED) is 0.187. The number of hydrogen-bond acceptors (Lipinski definition) is 1. The first kappa shape index (κ1) is 39.7. The van der Waals surface area contributed by atoms with E-state index < -0.39 is 0 Å². The van der Waals surface area contributed by atoms with E-state index in [-0.39, 0.29) is 35.6 Å². The number of thiophene rings is 1. The van der Waals surface area contributed by atoms with E-state index in [1.54, 1.807) is 11.3 Å². The summed E-state index contributed by atoms with van der Waals surface area (Å²) >= 11 is 3.19. The Labute approximate surface area is 319 Å². The molecule has 5 aromatic carbocycles. The van der Waals surface area contributed by atoms with E-state index in [2.05, 4.69) is 187 Å². The fourth-order valence-corrected chi connectivity index (χ4v) is 6.99. The van der Waals surface area contributed by atoms with E-state index in [1.807, 2.05) is 0 Å². The van der Waals surface area contributed by atoms with Gasteiger partial charge in [0.05, 0.1) is 0 Å². The second kappa shape index (κ2) is 17.3. The number of hydrogen-bond donors (Lipinski definition) is 0. The van der Waals surface area contributed by atoms with Gasteiger partial charge in [0.1, 0.15) is 0 Å². The Morgan fingerprint density at radius 1 is 0.688 bits per heavy atom. The second-order valence-electron chi connectivity index (χ2n) is 14.1. The fraction of sp³-hybridized carbons (Fsp3) is 0.227. The minimum absolute atomic E-state index is 0. The van der Waals surface area contributed by atoms with Crippen molar-refractivity contribution in [3.63, 3.8) is 0 Å². The van der Waals surface area contributed by atoms with Gasteiger partial charge in [-0.3, -0.25) is 0 Å². The van der Waals surface area contributed by atoms with Gasteiger partial charge in [0.15, 0.2) is 0 Å². The Balaban J connectivity index is 0.000000202. The zero-order chi connectivity index (χ0) is 32.9. The summed E-state index contributed by atoms with van der Waals surface area (Å²) in [5.74, 6) is 0.491. The van der Waals surface area contributed by atoms with Gasteiger partial charge in [0.25, 0.3) is 0 Å². The van der Waals surface area contributed by atoms with Crippen LogP contribution < -0.4 is 24.8 Å². The van der Waals surface area contributed by atoms with Crippen molar-refractivity contribution in [1.29, 1.82) is 0 Å². The van der Waals surface area contributed by atoms with Crippen molar-refractivity contribution in [2.24, 2.45) is 5.92 Å². The van der Waals surface area contributed by atoms with Crippen LogP contribution >= 0.6 is 11.3 Å².